The summed E-state index contributed by atoms with van der Waals surface area (Å²) in [5.74, 6) is 1.38. The number of nitrogens with zero attached hydrogens (tertiary/aromatic N) is 4. The number of nitrogens with one attached hydrogen (secondary N) is 1. The molecule has 0 spiro atoms. The number of anilines is 1. The van der Waals surface area contributed by atoms with Crippen LogP contribution in [0.5, 0.6) is 5.75 Å². The number of nitriles is 1. The fraction of sp³-hybridized carbons (Fsp3) is 0.120. The average Bonchev–Trinajstić information content (AvgIpc) is 3.27. The number of thioether (sulfide) groups is 1. The zero-order valence-corrected chi connectivity index (χ0v) is 19.0. The molecule has 7 nitrogen and oxygen atoms in total. The first kappa shape index (κ1) is 22.1. The van der Waals surface area contributed by atoms with Gasteiger partial charge in [0, 0.05) is 16.9 Å². The Kier molecular flexibility index (Phi) is 6.72. The van der Waals surface area contributed by atoms with E-state index in [4.69, 9.17) is 10.00 Å². The maximum Gasteiger partial charge on any atom is 0.234 e. The van der Waals surface area contributed by atoms with Gasteiger partial charge in [0.1, 0.15) is 5.75 Å². The van der Waals surface area contributed by atoms with E-state index in [1.54, 1.807) is 31.4 Å². The van der Waals surface area contributed by atoms with Crippen molar-refractivity contribution in [1.29, 1.82) is 5.26 Å². The number of methoxy groups -OCH3 is 1. The predicted octanol–water partition coefficient (Wildman–Crippen LogP) is 4.85. The molecule has 4 rings (SSSR count). The first-order valence-electron chi connectivity index (χ1n) is 10.2. The molecule has 8 heteroatoms. The molecule has 1 aromatic heterocycles. The lowest BCUT2D eigenvalue weighted by molar-refractivity contribution is -0.113. The van der Waals surface area contributed by atoms with Crippen molar-refractivity contribution in [1.82, 2.24) is 14.8 Å². The third-order valence-electron chi connectivity index (χ3n) is 4.85. The van der Waals surface area contributed by atoms with Gasteiger partial charge in [-0.1, -0.05) is 41.6 Å². The minimum Gasteiger partial charge on any atom is -0.497 e. The van der Waals surface area contributed by atoms with Crippen LogP contribution in [0.1, 0.15) is 11.1 Å². The Morgan fingerprint density at radius 2 is 1.88 bits per heavy atom. The Hall–Kier alpha value is -4.09. The van der Waals surface area contributed by atoms with Gasteiger partial charge in [0.05, 0.1) is 24.5 Å². The third kappa shape index (κ3) is 5.22. The number of ether oxygens (including phenoxy) is 1. The van der Waals surface area contributed by atoms with Gasteiger partial charge in [0.15, 0.2) is 11.0 Å². The predicted molar refractivity (Wildman–Crippen MR) is 129 cm³/mol. The minimum absolute atomic E-state index is 0.138. The van der Waals surface area contributed by atoms with Crippen LogP contribution in [0.15, 0.2) is 78.0 Å². The molecule has 1 N–H and O–H groups in total. The number of hydrogen-bond acceptors (Lipinski definition) is 6. The van der Waals surface area contributed by atoms with Gasteiger partial charge < -0.3 is 10.1 Å². The van der Waals surface area contributed by atoms with Crippen molar-refractivity contribution in [3.05, 3.63) is 83.9 Å². The Bertz CT molecular complexity index is 1330. The molecule has 0 saturated heterocycles. The number of hydrogen-bond donors (Lipinski definition) is 1. The van der Waals surface area contributed by atoms with Crippen LogP contribution >= 0.6 is 11.8 Å². The van der Waals surface area contributed by atoms with Crippen LogP contribution in [0.2, 0.25) is 0 Å². The molecule has 1 heterocycles. The van der Waals surface area contributed by atoms with Crippen molar-refractivity contribution in [2.45, 2.75) is 12.1 Å². The van der Waals surface area contributed by atoms with Crippen molar-refractivity contribution in [3.8, 4) is 28.9 Å². The van der Waals surface area contributed by atoms with Crippen molar-refractivity contribution < 1.29 is 9.53 Å². The molecular formula is C25H21N5O2S. The first-order chi connectivity index (χ1) is 16.1. The number of rotatable bonds is 7. The molecular weight excluding hydrogens is 434 g/mol. The number of benzene rings is 3. The number of carbonyl (C=O) groups excluding carboxylic acids is 1. The van der Waals surface area contributed by atoms with Crippen molar-refractivity contribution >= 4 is 23.4 Å². The van der Waals surface area contributed by atoms with E-state index in [0.717, 1.165) is 22.6 Å². The Morgan fingerprint density at radius 3 is 2.61 bits per heavy atom. The van der Waals surface area contributed by atoms with E-state index in [9.17, 15) is 4.79 Å². The van der Waals surface area contributed by atoms with E-state index in [0.29, 0.717) is 22.2 Å². The molecule has 0 atom stereocenters. The molecule has 0 aliphatic heterocycles. The molecule has 0 bridgehead atoms. The Labute approximate surface area is 196 Å². The van der Waals surface area contributed by atoms with Gasteiger partial charge in [-0.25, -0.2) is 0 Å². The topological polar surface area (TPSA) is 92.8 Å². The maximum atomic E-state index is 12.5. The normalized spacial score (nSPS) is 10.5. The van der Waals surface area contributed by atoms with Crippen molar-refractivity contribution in [2.24, 2.45) is 0 Å². The fourth-order valence-corrected chi connectivity index (χ4v) is 4.04. The lowest BCUT2D eigenvalue weighted by Gasteiger charge is -2.11. The first-order valence-corrected chi connectivity index (χ1v) is 11.2. The van der Waals surface area contributed by atoms with E-state index in [1.807, 2.05) is 60.0 Å². The summed E-state index contributed by atoms with van der Waals surface area (Å²) in [4.78, 5) is 12.5. The minimum atomic E-state index is -0.198. The van der Waals surface area contributed by atoms with Gasteiger partial charge >= 0.3 is 0 Å². The second kappa shape index (κ2) is 10.0. The molecule has 1 amide bonds. The highest BCUT2D eigenvalue weighted by Crippen LogP contribution is 2.29. The van der Waals surface area contributed by atoms with E-state index in [1.165, 1.54) is 11.8 Å². The van der Waals surface area contributed by atoms with Gasteiger partial charge in [-0.3, -0.25) is 9.36 Å². The standard InChI is InChI=1S/C25H21N5O2S/c1-17-5-3-7-19(13-17)24-28-29-25(30(24)21-9-11-22(32-2)12-10-21)33-16-23(31)27-20-8-4-6-18(14-20)15-26/h3-14H,16H2,1-2H3,(H,27,31). The molecule has 164 valence electrons. The van der Waals surface area contributed by atoms with Crippen LogP contribution < -0.4 is 10.1 Å². The van der Waals surface area contributed by atoms with Gasteiger partial charge in [0.2, 0.25) is 5.91 Å². The number of amides is 1. The van der Waals surface area contributed by atoms with Crippen LogP contribution in [0.25, 0.3) is 17.1 Å². The van der Waals surface area contributed by atoms with Crippen LogP contribution in [-0.4, -0.2) is 33.5 Å². The van der Waals surface area contributed by atoms with Crippen LogP contribution in [-0.2, 0) is 4.79 Å². The number of aromatic nitrogens is 3. The molecule has 0 fully saturated rings. The van der Waals surface area contributed by atoms with E-state index in [2.05, 4.69) is 21.6 Å². The highest BCUT2D eigenvalue weighted by atomic mass is 32.2. The molecule has 0 aliphatic carbocycles. The molecule has 0 radical (unpaired) electrons. The quantitative estimate of drug-likeness (QED) is 0.400. The molecule has 0 aliphatic rings. The molecule has 33 heavy (non-hydrogen) atoms. The summed E-state index contributed by atoms with van der Waals surface area (Å²) in [5, 5.41) is 21.3. The summed E-state index contributed by atoms with van der Waals surface area (Å²) in [7, 11) is 1.62. The lowest BCUT2D eigenvalue weighted by atomic mass is 10.1. The molecule has 3 aromatic carbocycles. The monoisotopic (exact) mass is 455 g/mol. The number of carbonyl (C=O) groups is 1. The Morgan fingerprint density at radius 1 is 1.09 bits per heavy atom. The van der Waals surface area contributed by atoms with Gasteiger partial charge in [-0.05, 0) is 55.5 Å². The summed E-state index contributed by atoms with van der Waals surface area (Å²) in [6.45, 7) is 2.03. The summed E-state index contributed by atoms with van der Waals surface area (Å²) in [6, 6.07) is 24.5. The number of aryl methyl sites for hydroxylation is 1. The highest BCUT2D eigenvalue weighted by molar-refractivity contribution is 7.99. The Balaban J connectivity index is 1.60. The largest absolute Gasteiger partial charge is 0.497 e. The van der Waals surface area contributed by atoms with Crippen LogP contribution in [0.3, 0.4) is 0 Å². The van der Waals surface area contributed by atoms with E-state index in [-0.39, 0.29) is 11.7 Å². The van der Waals surface area contributed by atoms with Crippen LogP contribution in [0.4, 0.5) is 5.69 Å². The fourth-order valence-electron chi connectivity index (χ4n) is 3.29. The summed E-state index contributed by atoms with van der Waals surface area (Å²) >= 11 is 1.29. The molecule has 4 aromatic rings. The van der Waals surface area contributed by atoms with E-state index < -0.39 is 0 Å². The zero-order chi connectivity index (χ0) is 23.2. The second-order valence-electron chi connectivity index (χ2n) is 7.24. The van der Waals surface area contributed by atoms with Gasteiger partial charge in [0.25, 0.3) is 0 Å². The van der Waals surface area contributed by atoms with Crippen molar-refractivity contribution in [3.63, 3.8) is 0 Å². The van der Waals surface area contributed by atoms with E-state index >= 15 is 0 Å². The second-order valence-corrected chi connectivity index (χ2v) is 8.18. The third-order valence-corrected chi connectivity index (χ3v) is 5.78. The highest BCUT2D eigenvalue weighted by Gasteiger charge is 2.18. The summed E-state index contributed by atoms with van der Waals surface area (Å²) in [6.07, 6.45) is 0. The zero-order valence-electron chi connectivity index (χ0n) is 18.1. The van der Waals surface area contributed by atoms with Gasteiger partial charge in [-0.2, -0.15) is 5.26 Å². The summed E-state index contributed by atoms with van der Waals surface area (Å²) < 4.78 is 7.21. The summed E-state index contributed by atoms with van der Waals surface area (Å²) in [5.41, 5.74) is 3.98. The smallest absolute Gasteiger partial charge is 0.234 e. The van der Waals surface area contributed by atoms with Crippen molar-refractivity contribution in [2.75, 3.05) is 18.2 Å². The average molecular weight is 456 g/mol. The maximum absolute atomic E-state index is 12.5. The molecule has 0 unspecified atom stereocenters. The van der Waals surface area contributed by atoms with Crippen LogP contribution in [0, 0.1) is 18.3 Å². The lowest BCUT2D eigenvalue weighted by Crippen LogP contribution is -2.14. The molecule has 0 saturated carbocycles. The van der Waals surface area contributed by atoms with Gasteiger partial charge in [-0.15, -0.1) is 10.2 Å². The SMILES string of the molecule is COc1ccc(-n2c(SCC(=O)Nc3cccc(C#N)c3)nnc2-c2cccc(C)c2)cc1.